The summed E-state index contributed by atoms with van der Waals surface area (Å²) in [7, 11) is -1.50. The summed E-state index contributed by atoms with van der Waals surface area (Å²) in [6.45, 7) is 3.86. The van der Waals surface area contributed by atoms with Gasteiger partial charge in [0.1, 0.15) is 17.4 Å². The quantitative estimate of drug-likeness (QED) is 0.599. The third-order valence-electron chi connectivity index (χ3n) is 5.03. The number of rotatable bonds is 5. The van der Waals surface area contributed by atoms with E-state index in [4.69, 9.17) is 4.74 Å². The van der Waals surface area contributed by atoms with E-state index in [-0.39, 0.29) is 17.1 Å². The lowest BCUT2D eigenvalue weighted by Gasteiger charge is -2.11. The predicted molar refractivity (Wildman–Crippen MR) is 111 cm³/mol. The van der Waals surface area contributed by atoms with Crippen molar-refractivity contribution in [3.8, 4) is 17.5 Å². The maximum atomic E-state index is 12.5. The molecule has 1 N–H and O–H groups in total. The van der Waals surface area contributed by atoms with Crippen molar-refractivity contribution in [2.24, 2.45) is 0 Å². The monoisotopic (exact) mass is 413 g/mol. The third-order valence-corrected chi connectivity index (χ3v) is 6.80. The van der Waals surface area contributed by atoms with E-state index in [2.05, 4.69) is 5.32 Å². The highest BCUT2D eigenvalue weighted by Crippen LogP contribution is 2.24. The Balaban J connectivity index is 1.86. The number of nitriles is 1. The highest BCUT2D eigenvalue weighted by Gasteiger charge is 2.29. The van der Waals surface area contributed by atoms with Crippen molar-refractivity contribution in [3.63, 3.8) is 0 Å². The number of benzene rings is 1. The Kier molecular flexibility index (Phi) is 5.80. The maximum Gasteiger partial charge on any atom is 0.262 e. The Morgan fingerprint density at radius 3 is 2.55 bits per heavy atom. The minimum Gasteiger partial charge on any atom is -0.497 e. The number of sulfone groups is 1. The van der Waals surface area contributed by atoms with E-state index >= 15 is 0 Å². The van der Waals surface area contributed by atoms with Crippen molar-refractivity contribution in [1.82, 2.24) is 9.88 Å². The molecular formula is C21H23N3O4S. The molecule has 1 aromatic carbocycles. The van der Waals surface area contributed by atoms with Crippen LogP contribution < -0.4 is 10.1 Å². The van der Waals surface area contributed by atoms with Crippen LogP contribution in [0.25, 0.3) is 11.8 Å². The molecule has 1 aliphatic rings. The molecule has 0 spiro atoms. The number of nitrogens with one attached hydrogen (secondary N) is 1. The Labute approximate surface area is 170 Å². The highest BCUT2D eigenvalue weighted by molar-refractivity contribution is 7.91. The Bertz CT molecular complexity index is 1110. The summed E-state index contributed by atoms with van der Waals surface area (Å²) in [6, 6.07) is 11.0. The van der Waals surface area contributed by atoms with E-state index in [0.717, 1.165) is 28.4 Å². The zero-order chi connectivity index (χ0) is 21.2. The van der Waals surface area contributed by atoms with E-state index in [9.17, 15) is 18.5 Å². The lowest BCUT2D eigenvalue weighted by molar-refractivity contribution is -0.117. The van der Waals surface area contributed by atoms with Gasteiger partial charge in [-0.05, 0) is 62.2 Å². The van der Waals surface area contributed by atoms with Crippen molar-refractivity contribution in [1.29, 1.82) is 5.26 Å². The largest absolute Gasteiger partial charge is 0.497 e. The van der Waals surface area contributed by atoms with Gasteiger partial charge in [0, 0.05) is 23.1 Å². The summed E-state index contributed by atoms with van der Waals surface area (Å²) in [5.74, 6) is 0.188. The second-order valence-corrected chi connectivity index (χ2v) is 9.33. The van der Waals surface area contributed by atoms with Crippen LogP contribution in [0, 0.1) is 25.2 Å². The van der Waals surface area contributed by atoms with Crippen molar-refractivity contribution in [3.05, 3.63) is 52.9 Å². The van der Waals surface area contributed by atoms with E-state index < -0.39 is 21.8 Å². The molecule has 3 rings (SSSR count). The van der Waals surface area contributed by atoms with Crippen LogP contribution in [-0.2, 0) is 14.6 Å². The lowest BCUT2D eigenvalue weighted by atomic mass is 10.1. The average Bonchev–Trinajstić information content (AvgIpc) is 3.17. The molecule has 1 saturated heterocycles. The fraction of sp³-hybridized carbons (Fsp3) is 0.333. The van der Waals surface area contributed by atoms with Gasteiger partial charge >= 0.3 is 0 Å². The van der Waals surface area contributed by atoms with Gasteiger partial charge in [-0.15, -0.1) is 0 Å². The highest BCUT2D eigenvalue weighted by atomic mass is 32.2. The minimum atomic E-state index is -3.11. The molecular weight excluding hydrogens is 390 g/mol. The van der Waals surface area contributed by atoms with Crippen molar-refractivity contribution < 1.29 is 17.9 Å². The molecule has 2 aromatic rings. The zero-order valence-corrected chi connectivity index (χ0v) is 17.4. The smallest absolute Gasteiger partial charge is 0.262 e. The van der Waals surface area contributed by atoms with Crippen LogP contribution in [0.3, 0.4) is 0 Å². The van der Waals surface area contributed by atoms with E-state index in [0.29, 0.717) is 6.42 Å². The topological polar surface area (TPSA) is 101 Å². The summed E-state index contributed by atoms with van der Waals surface area (Å²) in [6.07, 6.45) is 1.92. The Morgan fingerprint density at radius 2 is 2.00 bits per heavy atom. The molecule has 1 aliphatic heterocycles. The molecule has 7 nitrogen and oxygen atoms in total. The molecule has 0 saturated carbocycles. The molecule has 29 heavy (non-hydrogen) atoms. The first-order chi connectivity index (χ1) is 13.7. The van der Waals surface area contributed by atoms with Crippen LogP contribution in [0.1, 0.15) is 23.4 Å². The zero-order valence-electron chi connectivity index (χ0n) is 16.6. The SMILES string of the molecule is COc1ccc(-n2c(C)cc(/C=C(\C#N)C(=O)NC3CCS(=O)(=O)C3)c2C)cc1. The standard InChI is InChI=1S/C21H23N3O4S/c1-14-10-16(15(2)24(14)19-4-6-20(28-3)7-5-19)11-17(12-22)21(25)23-18-8-9-29(26,27)13-18/h4-7,10-11,18H,8-9,13H2,1-3H3,(H,23,25)/b17-11+. The first kappa shape index (κ1) is 20.7. The molecule has 1 amide bonds. The summed E-state index contributed by atoms with van der Waals surface area (Å²) >= 11 is 0. The second kappa shape index (κ2) is 8.13. The van der Waals surface area contributed by atoms with Gasteiger partial charge in [0.25, 0.3) is 5.91 Å². The van der Waals surface area contributed by atoms with Gasteiger partial charge in [-0.1, -0.05) is 0 Å². The number of aryl methyl sites for hydroxylation is 1. The summed E-state index contributed by atoms with van der Waals surface area (Å²) in [5.41, 5.74) is 3.49. The van der Waals surface area contributed by atoms with E-state index in [1.165, 1.54) is 0 Å². The summed E-state index contributed by atoms with van der Waals surface area (Å²) in [5, 5.41) is 12.1. The molecule has 1 unspecified atom stereocenters. The number of aromatic nitrogens is 1. The molecule has 2 heterocycles. The van der Waals surface area contributed by atoms with Gasteiger partial charge in [0.15, 0.2) is 9.84 Å². The van der Waals surface area contributed by atoms with Crippen LogP contribution in [0.15, 0.2) is 35.9 Å². The summed E-state index contributed by atoms with van der Waals surface area (Å²) < 4.78 is 30.4. The van der Waals surface area contributed by atoms with Crippen LogP contribution >= 0.6 is 0 Å². The molecule has 152 valence electrons. The fourth-order valence-corrected chi connectivity index (χ4v) is 5.21. The average molecular weight is 413 g/mol. The molecule has 1 fully saturated rings. The number of ether oxygens (including phenoxy) is 1. The molecule has 0 bridgehead atoms. The first-order valence-electron chi connectivity index (χ1n) is 9.20. The Morgan fingerprint density at radius 1 is 1.31 bits per heavy atom. The molecule has 1 aromatic heterocycles. The minimum absolute atomic E-state index is 0.0516. The number of carbonyl (C=O) groups excluding carboxylic acids is 1. The number of hydrogen-bond acceptors (Lipinski definition) is 5. The molecule has 1 atom stereocenters. The number of carbonyl (C=O) groups is 1. The second-order valence-electron chi connectivity index (χ2n) is 7.10. The lowest BCUT2D eigenvalue weighted by Crippen LogP contribution is -2.36. The van der Waals surface area contributed by atoms with Crippen LogP contribution in [0.4, 0.5) is 0 Å². The van der Waals surface area contributed by atoms with E-state index in [1.54, 1.807) is 13.2 Å². The van der Waals surface area contributed by atoms with Crippen molar-refractivity contribution in [2.45, 2.75) is 26.3 Å². The van der Waals surface area contributed by atoms with Gasteiger partial charge in [0.05, 0.1) is 18.6 Å². The molecule has 8 heteroatoms. The van der Waals surface area contributed by atoms with Gasteiger partial charge in [0.2, 0.25) is 0 Å². The van der Waals surface area contributed by atoms with Gasteiger partial charge in [-0.25, -0.2) is 8.42 Å². The predicted octanol–water partition coefficient (Wildman–Crippen LogP) is 2.31. The third kappa shape index (κ3) is 4.51. The molecule has 0 radical (unpaired) electrons. The van der Waals surface area contributed by atoms with Crippen LogP contribution in [-0.4, -0.2) is 43.5 Å². The van der Waals surface area contributed by atoms with Gasteiger partial charge in [-0.2, -0.15) is 5.26 Å². The van der Waals surface area contributed by atoms with Crippen molar-refractivity contribution >= 4 is 21.8 Å². The van der Waals surface area contributed by atoms with Crippen LogP contribution in [0.5, 0.6) is 5.75 Å². The van der Waals surface area contributed by atoms with Crippen molar-refractivity contribution in [2.75, 3.05) is 18.6 Å². The van der Waals surface area contributed by atoms with Gasteiger partial charge in [-0.3, -0.25) is 4.79 Å². The number of methoxy groups -OCH3 is 1. The maximum absolute atomic E-state index is 12.5. The van der Waals surface area contributed by atoms with E-state index in [1.807, 2.05) is 54.8 Å². The van der Waals surface area contributed by atoms with Crippen LogP contribution in [0.2, 0.25) is 0 Å². The number of amides is 1. The normalized spacial score (nSPS) is 18.3. The summed E-state index contributed by atoms with van der Waals surface area (Å²) in [4.78, 5) is 12.5. The molecule has 0 aliphatic carbocycles. The number of nitrogens with zero attached hydrogens (tertiary/aromatic N) is 2. The fourth-order valence-electron chi connectivity index (χ4n) is 3.54. The number of hydrogen-bond donors (Lipinski definition) is 1. The van der Waals surface area contributed by atoms with Gasteiger partial charge < -0.3 is 14.6 Å². The first-order valence-corrected chi connectivity index (χ1v) is 11.0. The Hall–Kier alpha value is -3.05.